The van der Waals surface area contributed by atoms with Crippen molar-refractivity contribution in [3.05, 3.63) is 27.7 Å². The molecule has 0 aromatic heterocycles. The number of ether oxygens (including phenoxy) is 1. The quantitative estimate of drug-likeness (QED) is 0.835. The molecule has 4 heteroatoms. The molecule has 80 valence electrons. The van der Waals surface area contributed by atoms with Gasteiger partial charge in [0.25, 0.3) is 0 Å². The highest BCUT2D eigenvalue weighted by molar-refractivity contribution is 9.10. The summed E-state index contributed by atoms with van der Waals surface area (Å²) >= 11 is 3.41. The van der Waals surface area contributed by atoms with Crippen LogP contribution in [-0.4, -0.2) is 18.4 Å². The third-order valence-corrected chi connectivity index (χ3v) is 3.04. The Kier molecular flexibility index (Phi) is 2.80. The second-order valence-electron chi connectivity index (χ2n) is 3.71. The van der Waals surface area contributed by atoms with Crippen LogP contribution in [0, 0.1) is 0 Å². The zero-order valence-electron chi connectivity index (χ0n) is 8.42. The summed E-state index contributed by atoms with van der Waals surface area (Å²) in [5.41, 5.74) is 7.06. The Morgan fingerprint density at radius 3 is 3.07 bits per heavy atom. The molecule has 0 saturated carbocycles. The fourth-order valence-corrected chi connectivity index (χ4v) is 2.36. The third kappa shape index (κ3) is 1.92. The van der Waals surface area contributed by atoms with Crippen LogP contribution >= 0.6 is 15.9 Å². The molecular weight excluding hydrogens is 258 g/mol. The lowest BCUT2D eigenvalue weighted by Gasteiger charge is -2.06. The van der Waals surface area contributed by atoms with E-state index >= 15 is 0 Å². The van der Waals surface area contributed by atoms with Crippen molar-refractivity contribution < 1.29 is 9.53 Å². The molecule has 3 nitrogen and oxygen atoms in total. The van der Waals surface area contributed by atoms with Gasteiger partial charge < -0.3 is 10.5 Å². The van der Waals surface area contributed by atoms with E-state index in [4.69, 9.17) is 10.5 Å². The molecule has 0 aliphatic carbocycles. The van der Waals surface area contributed by atoms with E-state index in [-0.39, 0.29) is 18.4 Å². The minimum absolute atomic E-state index is 0.0433. The Hall–Kier alpha value is -0.870. The van der Waals surface area contributed by atoms with E-state index in [9.17, 15) is 4.79 Å². The summed E-state index contributed by atoms with van der Waals surface area (Å²) in [5.74, 6) is 0.814. The van der Waals surface area contributed by atoms with Crippen LogP contribution < -0.4 is 10.5 Å². The van der Waals surface area contributed by atoms with Gasteiger partial charge in [0.05, 0.1) is 11.0 Å². The molecule has 0 bridgehead atoms. The lowest BCUT2D eigenvalue weighted by Crippen LogP contribution is -2.13. The molecule has 1 aromatic rings. The van der Waals surface area contributed by atoms with Crippen LogP contribution in [0.1, 0.15) is 22.8 Å². The first-order valence-electron chi connectivity index (χ1n) is 4.84. The molecule has 1 aromatic carbocycles. The summed E-state index contributed by atoms with van der Waals surface area (Å²) in [4.78, 5) is 11.5. The van der Waals surface area contributed by atoms with E-state index in [0.717, 1.165) is 22.2 Å². The summed E-state index contributed by atoms with van der Waals surface area (Å²) in [6, 6.07) is 3.64. The number of Topliss-reactive ketones (excluding diaryl/α,β-unsaturated/α-hetero) is 1. The SMILES string of the molecule is CC1Cc2cc(C(=O)CN)cc(Br)c2O1. The molecule has 1 unspecified atom stereocenters. The summed E-state index contributed by atoms with van der Waals surface area (Å²) in [6.07, 6.45) is 1.03. The number of ketones is 1. The molecule has 2 N–H and O–H groups in total. The molecule has 1 aliphatic rings. The van der Waals surface area contributed by atoms with Crippen molar-refractivity contribution >= 4 is 21.7 Å². The number of hydrogen-bond donors (Lipinski definition) is 1. The van der Waals surface area contributed by atoms with Crippen LogP contribution in [0.3, 0.4) is 0 Å². The second-order valence-corrected chi connectivity index (χ2v) is 4.56. The molecule has 0 radical (unpaired) electrons. The normalized spacial score (nSPS) is 18.5. The predicted octanol–water partition coefficient (Wildman–Crippen LogP) is 1.91. The molecule has 0 saturated heterocycles. The summed E-state index contributed by atoms with van der Waals surface area (Å²) in [5, 5.41) is 0. The molecule has 0 spiro atoms. The lowest BCUT2D eigenvalue weighted by atomic mass is 10.0. The van der Waals surface area contributed by atoms with E-state index in [2.05, 4.69) is 15.9 Å². The first-order valence-corrected chi connectivity index (χ1v) is 5.63. The van der Waals surface area contributed by atoms with Gasteiger partial charge in [-0.25, -0.2) is 0 Å². The number of hydrogen-bond acceptors (Lipinski definition) is 3. The van der Waals surface area contributed by atoms with Crippen molar-refractivity contribution in [2.45, 2.75) is 19.4 Å². The maximum Gasteiger partial charge on any atom is 0.176 e. The Morgan fingerprint density at radius 2 is 2.40 bits per heavy atom. The summed E-state index contributed by atoms with van der Waals surface area (Å²) < 4.78 is 6.45. The van der Waals surface area contributed by atoms with Gasteiger partial charge in [0.1, 0.15) is 11.9 Å². The average Bonchev–Trinajstić information content (AvgIpc) is 2.58. The van der Waals surface area contributed by atoms with Gasteiger partial charge in [0.2, 0.25) is 0 Å². The first-order chi connectivity index (χ1) is 7.11. The topological polar surface area (TPSA) is 52.3 Å². The Bertz CT molecular complexity index is 417. The van der Waals surface area contributed by atoms with E-state index in [1.807, 2.05) is 13.0 Å². The van der Waals surface area contributed by atoms with Crippen LogP contribution in [0.2, 0.25) is 0 Å². The zero-order valence-corrected chi connectivity index (χ0v) is 10.0. The Balaban J connectivity index is 2.44. The number of benzene rings is 1. The fourth-order valence-electron chi connectivity index (χ4n) is 1.77. The van der Waals surface area contributed by atoms with Gasteiger partial charge in [-0.2, -0.15) is 0 Å². The molecule has 0 fully saturated rings. The summed E-state index contributed by atoms with van der Waals surface area (Å²) in [6.45, 7) is 2.05. The van der Waals surface area contributed by atoms with Crippen molar-refractivity contribution in [3.8, 4) is 5.75 Å². The zero-order chi connectivity index (χ0) is 11.0. The van der Waals surface area contributed by atoms with Gasteiger partial charge >= 0.3 is 0 Å². The van der Waals surface area contributed by atoms with Gasteiger partial charge in [-0.15, -0.1) is 0 Å². The maximum atomic E-state index is 11.5. The number of rotatable bonds is 2. The number of fused-ring (bicyclic) bond motifs is 1. The van der Waals surface area contributed by atoms with Crippen molar-refractivity contribution in [2.75, 3.05) is 6.54 Å². The molecule has 15 heavy (non-hydrogen) atoms. The molecule has 2 rings (SSSR count). The summed E-state index contributed by atoms with van der Waals surface area (Å²) in [7, 11) is 0. The monoisotopic (exact) mass is 269 g/mol. The van der Waals surface area contributed by atoms with Crippen molar-refractivity contribution in [1.82, 2.24) is 0 Å². The smallest absolute Gasteiger partial charge is 0.176 e. The van der Waals surface area contributed by atoms with Gasteiger partial charge in [-0.3, -0.25) is 4.79 Å². The van der Waals surface area contributed by atoms with Gasteiger partial charge in [0, 0.05) is 12.0 Å². The van der Waals surface area contributed by atoms with E-state index < -0.39 is 0 Å². The number of carbonyl (C=O) groups is 1. The minimum Gasteiger partial charge on any atom is -0.489 e. The van der Waals surface area contributed by atoms with Gasteiger partial charge in [-0.05, 0) is 40.5 Å². The number of halogens is 1. The van der Waals surface area contributed by atoms with Crippen LogP contribution in [-0.2, 0) is 6.42 Å². The van der Waals surface area contributed by atoms with E-state index in [1.165, 1.54) is 0 Å². The highest BCUT2D eigenvalue weighted by Gasteiger charge is 2.23. The number of carbonyl (C=O) groups excluding carboxylic acids is 1. The van der Waals surface area contributed by atoms with E-state index in [1.54, 1.807) is 6.07 Å². The van der Waals surface area contributed by atoms with Crippen LogP contribution in [0.25, 0.3) is 0 Å². The van der Waals surface area contributed by atoms with Crippen molar-refractivity contribution in [2.24, 2.45) is 5.73 Å². The van der Waals surface area contributed by atoms with Crippen molar-refractivity contribution in [1.29, 1.82) is 0 Å². The van der Waals surface area contributed by atoms with Crippen molar-refractivity contribution in [3.63, 3.8) is 0 Å². The standard InChI is InChI=1S/C11H12BrNO2/c1-6-2-8-3-7(10(14)5-13)4-9(12)11(8)15-6/h3-4,6H,2,5,13H2,1H3. The largest absolute Gasteiger partial charge is 0.489 e. The molecule has 0 amide bonds. The first kappa shape index (κ1) is 10.6. The third-order valence-electron chi connectivity index (χ3n) is 2.45. The fraction of sp³-hybridized carbons (Fsp3) is 0.364. The predicted molar refractivity (Wildman–Crippen MR) is 61.3 cm³/mol. The number of nitrogens with two attached hydrogens (primary N) is 1. The average molecular weight is 270 g/mol. The van der Waals surface area contributed by atoms with Crippen LogP contribution in [0.15, 0.2) is 16.6 Å². The Morgan fingerprint density at radius 1 is 1.67 bits per heavy atom. The molecular formula is C11H12BrNO2. The molecule has 1 aliphatic heterocycles. The van der Waals surface area contributed by atoms with Gasteiger partial charge in [0.15, 0.2) is 5.78 Å². The highest BCUT2D eigenvalue weighted by atomic mass is 79.9. The Labute approximate surface area is 96.7 Å². The van der Waals surface area contributed by atoms with Crippen LogP contribution in [0.5, 0.6) is 5.75 Å². The van der Waals surface area contributed by atoms with Crippen LogP contribution in [0.4, 0.5) is 0 Å². The van der Waals surface area contributed by atoms with E-state index in [0.29, 0.717) is 5.56 Å². The molecule has 1 atom stereocenters. The second kappa shape index (κ2) is 3.94. The lowest BCUT2D eigenvalue weighted by molar-refractivity contribution is 0.100. The minimum atomic E-state index is -0.0435. The van der Waals surface area contributed by atoms with Gasteiger partial charge in [-0.1, -0.05) is 0 Å². The maximum absolute atomic E-state index is 11.5. The molecule has 1 heterocycles. The highest BCUT2D eigenvalue weighted by Crippen LogP contribution is 2.37.